The smallest absolute Gasteiger partial charge is 0.316 e. The zero-order chi connectivity index (χ0) is 21.8. The van der Waals surface area contributed by atoms with Crippen molar-refractivity contribution in [2.24, 2.45) is 5.41 Å². The summed E-state index contributed by atoms with van der Waals surface area (Å²) in [5, 5.41) is 3.41. The van der Waals surface area contributed by atoms with Crippen molar-refractivity contribution in [1.29, 1.82) is 0 Å². The Labute approximate surface area is 174 Å². The van der Waals surface area contributed by atoms with E-state index in [1.165, 1.54) is 0 Å². The topological polar surface area (TPSA) is 55.4 Å². The highest BCUT2D eigenvalue weighted by Crippen LogP contribution is 2.48. The van der Waals surface area contributed by atoms with Crippen LogP contribution in [-0.4, -0.2) is 23.3 Å². The Hall–Kier alpha value is -1.95. The number of alkyl halides is 2. The number of rotatable bonds is 2. The SMILES string of the molecule is Cc1cc(Cl)cc(C)c1C1=C(OC(=O)C(C)(C)C)C2(CCC(F)(F)CC2)NC1=O. The summed E-state index contributed by atoms with van der Waals surface area (Å²) in [4.78, 5) is 25.8. The van der Waals surface area contributed by atoms with E-state index in [9.17, 15) is 18.4 Å². The van der Waals surface area contributed by atoms with E-state index in [1.54, 1.807) is 32.9 Å². The molecule has 2 aliphatic rings. The van der Waals surface area contributed by atoms with Crippen molar-refractivity contribution in [3.8, 4) is 0 Å². The number of amides is 1. The molecule has 1 fully saturated rings. The number of esters is 1. The molecule has 29 heavy (non-hydrogen) atoms. The fourth-order valence-electron chi connectivity index (χ4n) is 4.00. The van der Waals surface area contributed by atoms with Crippen molar-refractivity contribution < 1.29 is 23.1 Å². The van der Waals surface area contributed by atoms with Gasteiger partial charge in [-0.25, -0.2) is 8.78 Å². The molecule has 1 N–H and O–H groups in total. The number of carbonyl (C=O) groups excluding carboxylic acids is 2. The largest absolute Gasteiger partial charge is 0.427 e. The monoisotopic (exact) mass is 425 g/mol. The van der Waals surface area contributed by atoms with Gasteiger partial charge in [0.05, 0.1) is 16.5 Å². The van der Waals surface area contributed by atoms with Crippen molar-refractivity contribution >= 4 is 29.1 Å². The second-order valence-electron chi connectivity index (χ2n) is 9.15. The molecule has 1 amide bonds. The molecule has 158 valence electrons. The van der Waals surface area contributed by atoms with Gasteiger partial charge in [-0.05, 0) is 76.3 Å². The van der Waals surface area contributed by atoms with Gasteiger partial charge in [-0.15, -0.1) is 0 Å². The highest BCUT2D eigenvalue weighted by Gasteiger charge is 2.54. The number of nitrogens with one attached hydrogen (secondary N) is 1. The van der Waals surface area contributed by atoms with Gasteiger partial charge in [0.15, 0.2) is 0 Å². The van der Waals surface area contributed by atoms with Crippen LogP contribution in [0.3, 0.4) is 0 Å². The summed E-state index contributed by atoms with van der Waals surface area (Å²) >= 11 is 6.13. The van der Waals surface area contributed by atoms with Gasteiger partial charge in [0.1, 0.15) is 5.76 Å². The first kappa shape index (κ1) is 21.8. The lowest BCUT2D eigenvalue weighted by Crippen LogP contribution is -2.50. The van der Waals surface area contributed by atoms with E-state index >= 15 is 0 Å². The number of ether oxygens (including phenoxy) is 1. The van der Waals surface area contributed by atoms with Crippen LogP contribution in [0.25, 0.3) is 5.57 Å². The van der Waals surface area contributed by atoms with Crippen molar-refractivity contribution in [2.45, 2.75) is 71.8 Å². The molecular weight excluding hydrogens is 400 g/mol. The second-order valence-corrected chi connectivity index (χ2v) is 9.59. The molecule has 4 nitrogen and oxygen atoms in total. The maximum atomic E-state index is 13.9. The lowest BCUT2D eigenvalue weighted by molar-refractivity contribution is -0.150. The molecule has 0 radical (unpaired) electrons. The van der Waals surface area contributed by atoms with Crippen LogP contribution >= 0.6 is 11.6 Å². The molecule has 3 rings (SSSR count). The average molecular weight is 426 g/mol. The Morgan fingerprint density at radius 2 is 1.62 bits per heavy atom. The van der Waals surface area contributed by atoms with E-state index in [1.807, 2.05) is 13.8 Å². The summed E-state index contributed by atoms with van der Waals surface area (Å²) in [7, 11) is 0. The zero-order valence-corrected chi connectivity index (χ0v) is 18.1. The number of aryl methyl sites for hydroxylation is 2. The minimum Gasteiger partial charge on any atom is -0.427 e. The lowest BCUT2D eigenvalue weighted by Gasteiger charge is -2.38. The van der Waals surface area contributed by atoms with Crippen molar-refractivity contribution in [2.75, 3.05) is 0 Å². The van der Waals surface area contributed by atoms with Gasteiger partial charge in [-0.2, -0.15) is 0 Å². The number of halogens is 3. The molecule has 1 aliphatic carbocycles. The maximum absolute atomic E-state index is 13.9. The van der Waals surface area contributed by atoms with E-state index in [2.05, 4.69) is 5.32 Å². The van der Waals surface area contributed by atoms with Crippen LogP contribution < -0.4 is 5.32 Å². The minimum absolute atomic E-state index is 0.00762. The number of hydrogen-bond acceptors (Lipinski definition) is 3. The molecule has 1 aliphatic heterocycles. The minimum atomic E-state index is -2.79. The summed E-state index contributed by atoms with van der Waals surface area (Å²) in [5.41, 5.74) is 0.448. The molecular formula is C22H26ClF2NO3. The molecule has 1 aromatic carbocycles. The van der Waals surface area contributed by atoms with Crippen molar-refractivity contribution in [3.63, 3.8) is 0 Å². The predicted molar refractivity (Wildman–Crippen MR) is 108 cm³/mol. The van der Waals surface area contributed by atoms with Crippen molar-refractivity contribution in [1.82, 2.24) is 5.32 Å². The fraction of sp³-hybridized carbons (Fsp3) is 0.545. The highest BCUT2D eigenvalue weighted by molar-refractivity contribution is 6.31. The molecule has 0 bridgehead atoms. The van der Waals surface area contributed by atoms with Gasteiger partial charge < -0.3 is 10.1 Å². The van der Waals surface area contributed by atoms with E-state index in [-0.39, 0.29) is 37.0 Å². The summed E-state index contributed by atoms with van der Waals surface area (Å²) in [6.45, 7) is 8.76. The van der Waals surface area contributed by atoms with Gasteiger partial charge >= 0.3 is 5.97 Å². The molecule has 1 heterocycles. The summed E-state index contributed by atoms with van der Waals surface area (Å²) in [5.74, 6) is -3.56. The molecule has 0 saturated heterocycles. The Morgan fingerprint density at radius 3 is 2.10 bits per heavy atom. The third-order valence-electron chi connectivity index (χ3n) is 5.63. The van der Waals surface area contributed by atoms with E-state index in [4.69, 9.17) is 16.3 Å². The van der Waals surface area contributed by atoms with Gasteiger partial charge in [-0.1, -0.05) is 11.6 Å². The van der Waals surface area contributed by atoms with E-state index < -0.39 is 28.8 Å². The number of carbonyl (C=O) groups is 2. The third kappa shape index (κ3) is 4.04. The van der Waals surface area contributed by atoms with Crippen LogP contribution in [0.4, 0.5) is 8.78 Å². The molecule has 0 unspecified atom stereocenters. The average Bonchev–Trinajstić information content (AvgIpc) is 2.82. The standard InChI is InChI=1S/C22H26ClF2NO3/c1-12-10-14(23)11-13(2)15(12)16-17(29-19(28)20(3,4)5)21(26-18(16)27)6-8-22(24,25)9-7-21/h10-11H,6-9H2,1-5H3,(H,26,27). The lowest BCUT2D eigenvalue weighted by atomic mass is 9.78. The Bertz CT molecular complexity index is 882. The molecule has 0 aromatic heterocycles. The van der Waals surface area contributed by atoms with Crippen LogP contribution in [0.1, 0.15) is 63.1 Å². The first-order valence-electron chi connectivity index (χ1n) is 9.70. The van der Waals surface area contributed by atoms with Gasteiger partial charge in [0.25, 0.3) is 5.91 Å². The third-order valence-corrected chi connectivity index (χ3v) is 5.85. The first-order valence-corrected chi connectivity index (χ1v) is 10.1. The predicted octanol–water partition coefficient (Wildman–Crippen LogP) is 5.34. The number of benzene rings is 1. The second kappa shape index (κ2) is 7.08. The van der Waals surface area contributed by atoms with Crippen LogP contribution in [-0.2, 0) is 14.3 Å². The molecule has 7 heteroatoms. The van der Waals surface area contributed by atoms with Gasteiger partial charge in [0.2, 0.25) is 5.92 Å². The van der Waals surface area contributed by atoms with Crippen LogP contribution in [0, 0.1) is 19.3 Å². The number of hydrogen-bond donors (Lipinski definition) is 1. The first-order chi connectivity index (χ1) is 13.3. The quantitative estimate of drug-likeness (QED) is 0.651. The highest BCUT2D eigenvalue weighted by atomic mass is 35.5. The summed E-state index contributed by atoms with van der Waals surface area (Å²) in [6.07, 6.45) is -0.743. The summed E-state index contributed by atoms with van der Waals surface area (Å²) in [6, 6.07) is 3.46. The van der Waals surface area contributed by atoms with Gasteiger partial charge in [-0.3, -0.25) is 9.59 Å². The maximum Gasteiger partial charge on any atom is 0.316 e. The molecule has 1 aromatic rings. The summed E-state index contributed by atoms with van der Waals surface area (Å²) < 4.78 is 33.5. The molecule has 0 atom stereocenters. The van der Waals surface area contributed by atoms with Crippen LogP contribution in [0.15, 0.2) is 17.9 Å². The zero-order valence-electron chi connectivity index (χ0n) is 17.3. The molecule has 1 saturated carbocycles. The van der Waals surface area contributed by atoms with Crippen LogP contribution in [0.5, 0.6) is 0 Å². The van der Waals surface area contributed by atoms with Crippen LogP contribution in [0.2, 0.25) is 5.02 Å². The van der Waals surface area contributed by atoms with E-state index in [0.717, 1.165) is 11.1 Å². The van der Waals surface area contributed by atoms with E-state index in [0.29, 0.717) is 10.6 Å². The Morgan fingerprint density at radius 1 is 1.10 bits per heavy atom. The normalized spacial score (nSPS) is 20.8. The molecule has 1 spiro atoms. The Kier molecular flexibility index (Phi) is 5.31. The van der Waals surface area contributed by atoms with Crippen molar-refractivity contribution in [3.05, 3.63) is 39.6 Å². The fourth-order valence-corrected chi connectivity index (χ4v) is 4.33. The van der Waals surface area contributed by atoms with Gasteiger partial charge in [0, 0.05) is 17.9 Å². The Balaban J connectivity index is 2.19.